The van der Waals surface area contributed by atoms with Gasteiger partial charge in [0.05, 0.1) is 27.4 Å². The molecular formula is C37H29F2N5O5S. The number of benzene rings is 2. The van der Waals surface area contributed by atoms with Gasteiger partial charge in [0.2, 0.25) is 0 Å². The molecule has 50 heavy (non-hydrogen) atoms. The molecule has 2 aliphatic rings. The van der Waals surface area contributed by atoms with Crippen LogP contribution in [-0.4, -0.2) is 56.8 Å². The summed E-state index contributed by atoms with van der Waals surface area (Å²) >= 11 is 1.43. The lowest BCUT2D eigenvalue weighted by Gasteiger charge is -2.38. The minimum atomic E-state index is -0.767. The van der Waals surface area contributed by atoms with Crippen LogP contribution in [-0.2, 0) is 13.0 Å². The molecule has 1 fully saturated rings. The number of hydrogen-bond acceptors (Lipinski definition) is 9. The fraction of sp³-hybridized carbons (Fsp3) is 0.189. The molecule has 1 saturated heterocycles. The van der Waals surface area contributed by atoms with E-state index in [1.807, 2.05) is 24.4 Å². The van der Waals surface area contributed by atoms with Crippen molar-refractivity contribution < 1.29 is 28.2 Å². The fourth-order valence-electron chi connectivity index (χ4n) is 6.19. The molecule has 10 nitrogen and oxygen atoms in total. The third-order valence-corrected chi connectivity index (χ3v) is 9.91. The number of ether oxygens (including phenoxy) is 2. The Morgan fingerprint density at radius 2 is 1.88 bits per heavy atom. The number of aliphatic hydroxyl groups is 1. The standard InChI is InChI=1S/C37H29F2N5O5S/c38-24-2-5-26(6-3-24)44-19-23-10-12-48-34(23)33(37(44)47)36(46)42-25-4-8-30(27(39)13-25)49-31-9-11-40-29-14-32(50-35(29)31)28-7-1-21(15-41-28)16-43-17-22(18-43)20-45/h1-9,11,13-15,19,22,45H,10,12,16-18,20H2,(H,42,46). The summed E-state index contributed by atoms with van der Waals surface area (Å²) in [6, 6.07) is 16.9. The number of amides is 1. The van der Waals surface area contributed by atoms with Gasteiger partial charge < -0.3 is 19.9 Å². The third kappa shape index (κ3) is 6.10. The monoisotopic (exact) mass is 693 g/mol. The SMILES string of the molecule is O=C(Nc1ccc(Oc2ccnc3cc(-c4ccc(CN5CC(CO)C5)cn4)sc23)c(F)c1)c1c2c(cn(-c3ccc(F)cc3)c1=O)CCO2. The predicted molar refractivity (Wildman–Crippen MR) is 184 cm³/mol. The number of pyridine rings is 3. The minimum absolute atomic E-state index is 0.0649. The van der Waals surface area contributed by atoms with Crippen LogP contribution in [0.4, 0.5) is 14.5 Å². The smallest absolute Gasteiger partial charge is 0.271 e. The first kappa shape index (κ1) is 31.7. The van der Waals surface area contributed by atoms with Crippen LogP contribution in [0.1, 0.15) is 21.5 Å². The number of halogens is 2. The van der Waals surface area contributed by atoms with Crippen LogP contribution in [0.5, 0.6) is 17.2 Å². The van der Waals surface area contributed by atoms with Gasteiger partial charge in [-0.3, -0.25) is 29.0 Å². The number of thiophene rings is 1. The van der Waals surface area contributed by atoms with Crippen molar-refractivity contribution in [3.63, 3.8) is 0 Å². The average molecular weight is 694 g/mol. The molecular weight excluding hydrogens is 665 g/mol. The molecule has 0 radical (unpaired) electrons. The van der Waals surface area contributed by atoms with Crippen LogP contribution in [0, 0.1) is 17.6 Å². The quantitative estimate of drug-likeness (QED) is 0.184. The van der Waals surface area contributed by atoms with Gasteiger partial charge in [-0.15, -0.1) is 11.3 Å². The number of carbonyl (C=O) groups is 1. The van der Waals surface area contributed by atoms with E-state index in [9.17, 15) is 19.1 Å². The zero-order valence-corrected chi connectivity index (χ0v) is 27.3. The number of likely N-dealkylation sites (tertiary alicyclic amines) is 1. The van der Waals surface area contributed by atoms with E-state index in [2.05, 4.69) is 20.2 Å². The van der Waals surface area contributed by atoms with E-state index in [1.54, 1.807) is 18.5 Å². The molecule has 0 unspecified atom stereocenters. The van der Waals surface area contributed by atoms with E-state index in [0.717, 1.165) is 46.5 Å². The molecule has 4 aromatic heterocycles. The number of hydrogen-bond donors (Lipinski definition) is 2. The Morgan fingerprint density at radius 1 is 1.04 bits per heavy atom. The number of aliphatic hydroxyl groups excluding tert-OH is 1. The Hall–Kier alpha value is -5.50. The number of aromatic nitrogens is 3. The zero-order chi connectivity index (χ0) is 34.4. The third-order valence-electron chi connectivity index (χ3n) is 8.75. The van der Waals surface area contributed by atoms with Crippen LogP contribution in [0.25, 0.3) is 26.5 Å². The van der Waals surface area contributed by atoms with Gasteiger partial charge in [-0.2, -0.15) is 0 Å². The Labute approximate surface area is 288 Å². The highest BCUT2D eigenvalue weighted by Crippen LogP contribution is 2.39. The molecule has 0 bridgehead atoms. The van der Waals surface area contributed by atoms with E-state index in [-0.39, 0.29) is 29.4 Å². The van der Waals surface area contributed by atoms with Gasteiger partial charge in [0, 0.05) is 86.2 Å². The van der Waals surface area contributed by atoms with Crippen molar-refractivity contribution >= 4 is 33.1 Å². The Bertz CT molecular complexity index is 2300. The van der Waals surface area contributed by atoms with Crippen molar-refractivity contribution in [1.82, 2.24) is 19.4 Å². The summed E-state index contributed by atoms with van der Waals surface area (Å²) in [5.41, 5.74) is 2.82. The molecule has 8 rings (SSSR count). The topological polar surface area (TPSA) is 119 Å². The fourth-order valence-corrected chi connectivity index (χ4v) is 7.23. The summed E-state index contributed by atoms with van der Waals surface area (Å²) in [6.07, 6.45) is 5.51. The predicted octanol–water partition coefficient (Wildman–Crippen LogP) is 6.19. The molecule has 13 heteroatoms. The average Bonchev–Trinajstić information content (AvgIpc) is 3.76. The second-order valence-corrected chi connectivity index (χ2v) is 13.3. The van der Waals surface area contributed by atoms with Gasteiger partial charge in [0.1, 0.15) is 22.9 Å². The van der Waals surface area contributed by atoms with Crippen LogP contribution >= 0.6 is 11.3 Å². The molecule has 2 aromatic carbocycles. The second kappa shape index (κ2) is 13.1. The van der Waals surface area contributed by atoms with E-state index < -0.39 is 23.1 Å². The summed E-state index contributed by atoms with van der Waals surface area (Å²) in [5, 5.41) is 11.9. The van der Waals surface area contributed by atoms with Crippen molar-refractivity contribution in [2.75, 3.05) is 31.6 Å². The number of fused-ring (bicyclic) bond motifs is 2. The molecule has 0 saturated carbocycles. The minimum Gasteiger partial charge on any atom is -0.492 e. The van der Waals surface area contributed by atoms with Gasteiger partial charge in [0.15, 0.2) is 11.6 Å². The Balaban J connectivity index is 0.997. The normalized spacial score (nSPS) is 14.3. The lowest BCUT2D eigenvalue weighted by atomic mass is 10.0. The highest BCUT2D eigenvalue weighted by atomic mass is 32.1. The van der Waals surface area contributed by atoms with Crippen molar-refractivity contribution in [3.8, 4) is 33.5 Å². The molecule has 0 spiro atoms. The van der Waals surface area contributed by atoms with Crippen molar-refractivity contribution in [3.05, 3.63) is 124 Å². The van der Waals surface area contributed by atoms with Crippen molar-refractivity contribution in [2.24, 2.45) is 5.92 Å². The van der Waals surface area contributed by atoms with Crippen LogP contribution < -0.4 is 20.3 Å². The van der Waals surface area contributed by atoms with Crippen molar-refractivity contribution in [2.45, 2.75) is 13.0 Å². The summed E-state index contributed by atoms with van der Waals surface area (Å²) in [7, 11) is 0. The number of nitrogens with zero attached hydrogens (tertiary/aromatic N) is 4. The van der Waals surface area contributed by atoms with Gasteiger partial charge in [-0.05, 0) is 54.1 Å². The van der Waals surface area contributed by atoms with Gasteiger partial charge in [-0.1, -0.05) is 6.07 Å². The number of carbonyl (C=O) groups excluding carboxylic acids is 1. The molecule has 2 N–H and O–H groups in total. The Kier molecular flexibility index (Phi) is 8.31. The maximum Gasteiger partial charge on any atom is 0.271 e. The van der Waals surface area contributed by atoms with Crippen LogP contribution in [0.2, 0.25) is 0 Å². The molecule has 252 valence electrons. The first-order valence-electron chi connectivity index (χ1n) is 16.0. The maximum absolute atomic E-state index is 15.4. The summed E-state index contributed by atoms with van der Waals surface area (Å²) < 4.78 is 42.6. The molecule has 6 aromatic rings. The largest absolute Gasteiger partial charge is 0.492 e. The molecule has 0 atom stereocenters. The van der Waals surface area contributed by atoms with Crippen LogP contribution in [0.15, 0.2) is 90.1 Å². The molecule has 1 amide bonds. The summed E-state index contributed by atoms with van der Waals surface area (Å²) in [4.78, 5) is 39.2. The van der Waals surface area contributed by atoms with E-state index in [4.69, 9.17) is 9.47 Å². The number of rotatable bonds is 9. The molecule has 0 aliphatic carbocycles. The van der Waals surface area contributed by atoms with E-state index >= 15 is 4.39 Å². The van der Waals surface area contributed by atoms with Gasteiger partial charge >= 0.3 is 0 Å². The Morgan fingerprint density at radius 3 is 2.64 bits per heavy atom. The second-order valence-electron chi connectivity index (χ2n) is 12.2. The maximum atomic E-state index is 15.4. The summed E-state index contributed by atoms with van der Waals surface area (Å²) in [6.45, 7) is 3.06. The zero-order valence-electron chi connectivity index (χ0n) is 26.4. The van der Waals surface area contributed by atoms with E-state index in [0.29, 0.717) is 41.5 Å². The molecule has 2 aliphatic heterocycles. The van der Waals surface area contributed by atoms with Crippen LogP contribution in [0.3, 0.4) is 0 Å². The van der Waals surface area contributed by atoms with Crippen molar-refractivity contribution in [1.29, 1.82) is 0 Å². The summed E-state index contributed by atoms with van der Waals surface area (Å²) in [5.74, 6) is -1.08. The first-order valence-corrected chi connectivity index (χ1v) is 16.8. The highest BCUT2D eigenvalue weighted by molar-refractivity contribution is 7.22. The lowest BCUT2D eigenvalue weighted by molar-refractivity contribution is 0.0478. The molecule has 6 heterocycles. The highest BCUT2D eigenvalue weighted by Gasteiger charge is 2.28. The van der Waals surface area contributed by atoms with Gasteiger partial charge in [-0.25, -0.2) is 8.78 Å². The number of anilines is 1. The lowest BCUT2D eigenvalue weighted by Crippen LogP contribution is -2.47. The van der Waals surface area contributed by atoms with Gasteiger partial charge in [0.25, 0.3) is 11.5 Å². The first-order chi connectivity index (χ1) is 24.3. The van der Waals surface area contributed by atoms with E-state index in [1.165, 1.54) is 52.3 Å². The number of nitrogens with one attached hydrogen (secondary N) is 1.